The van der Waals surface area contributed by atoms with Crippen molar-refractivity contribution in [1.29, 1.82) is 0 Å². The number of oxime groups is 1. The van der Waals surface area contributed by atoms with Gasteiger partial charge in [-0.2, -0.15) is 0 Å². The van der Waals surface area contributed by atoms with E-state index >= 15 is 0 Å². The monoisotopic (exact) mass is 336 g/mol. The standard InChI is InChI=1S/C20H36N2O2/c1-14-8-15(2)11-22(10-14)12-17(23)13-24-21-18-9-16-6-7-20(18,5)19(16,3)4/h14-17,23H,6-13H2,1-5H3/b21-18+/t14?,15?,16-,17?,20+/m0/s1. The molecule has 0 radical (unpaired) electrons. The summed E-state index contributed by atoms with van der Waals surface area (Å²) >= 11 is 0. The van der Waals surface area contributed by atoms with Crippen molar-refractivity contribution < 1.29 is 9.94 Å². The van der Waals surface area contributed by atoms with Crippen molar-refractivity contribution in [2.45, 2.75) is 66.4 Å². The first-order valence-corrected chi connectivity index (χ1v) is 9.82. The molecule has 1 aliphatic heterocycles. The smallest absolute Gasteiger partial charge is 0.144 e. The zero-order valence-corrected chi connectivity index (χ0v) is 16.2. The molecule has 5 atom stereocenters. The van der Waals surface area contributed by atoms with Gasteiger partial charge in [-0.1, -0.05) is 39.8 Å². The van der Waals surface area contributed by atoms with Gasteiger partial charge in [-0.25, -0.2) is 0 Å². The van der Waals surface area contributed by atoms with E-state index in [1.165, 1.54) is 25.0 Å². The summed E-state index contributed by atoms with van der Waals surface area (Å²) in [4.78, 5) is 7.97. The summed E-state index contributed by atoms with van der Waals surface area (Å²) in [5.74, 6) is 2.18. The van der Waals surface area contributed by atoms with Crippen molar-refractivity contribution in [3.63, 3.8) is 0 Å². The Morgan fingerprint density at radius 2 is 1.92 bits per heavy atom. The summed E-state index contributed by atoms with van der Waals surface area (Å²) in [5.41, 5.74) is 1.73. The molecule has 4 nitrogen and oxygen atoms in total. The van der Waals surface area contributed by atoms with Crippen LogP contribution in [0.25, 0.3) is 0 Å². The Labute approximate surface area is 147 Å². The van der Waals surface area contributed by atoms with E-state index < -0.39 is 6.10 Å². The molecule has 0 aromatic carbocycles. The second-order valence-electron chi connectivity index (χ2n) is 9.65. The van der Waals surface area contributed by atoms with Crippen LogP contribution >= 0.6 is 0 Å². The van der Waals surface area contributed by atoms with Crippen LogP contribution in [0.4, 0.5) is 0 Å². The van der Waals surface area contributed by atoms with Crippen molar-refractivity contribution in [2.24, 2.45) is 33.7 Å². The van der Waals surface area contributed by atoms with Gasteiger partial charge in [-0.15, -0.1) is 0 Å². The number of rotatable bonds is 5. The van der Waals surface area contributed by atoms with Gasteiger partial charge in [0.25, 0.3) is 0 Å². The van der Waals surface area contributed by atoms with Gasteiger partial charge in [0.05, 0.1) is 5.71 Å². The molecule has 1 saturated heterocycles. The van der Waals surface area contributed by atoms with Crippen molar-refractivity contribution in [3.05, 3.63) is 0 Å². The number of hydrogen-bond donors (Lipinski definition) is 1. The number of hydrogen-bond acceptors (Lipinski definition) is 4. The Hall–Kier alpha value is -0.610. The molecule has 0 aromatic heterocycles. The fourth-order valence-electron chi connectivity index (χ4n) is 5.56. The number of fused-ring (bicyclic) bond motifs is 2. The fraction of sp³-hybridized carbons (Fsp3) is 0.950. The molecule has 0 aromatic rings. The molecule has 24 heavy (non-hydrogen) atoms. The van der Waals surface area contributed by atoms with Crippen LogP contribution in [-0.2, 0) is 4.84 Å². The minimum Gasteiger partial charge on any atom is -0.393 e. The Balaban J connectivity index is 1.48. The second-order valence-corrected chi connectivity index (χ2v) is 9.65. The SMILES string of the molecule is CC1CC(C)CN(CC(O)CO/N=C2\C[C@@H]3CC[C@@]2(C)C3(C)C)C1. The van der Waals surface area contributed by atoms with Crippen molar-refractivity contribution in [2.75, 3.05) is 26.2 Å². The van der Waals surface area contributed by atoms with E-state index in [1.807, 2.05) is 0 Å². The summed E-state index contributed by atoms with van der Waals surface area (Å²) < 4.78 is 0. The van der Waals surface area contributed by atoms with Crippen molar-refractivity contribution in [3.8, 4) is 0 Å². The number of β-amino-alcohol motifs (C(OH)–C–C–N with tert-alkyl or cyclic N) is 1. The van der Waals surface area contributed by atoms with Gasteiger partial charge in [-0.3, -0.25) is 0 Å². The quantitative estimate of drug-likeness (QED) is 0.781. The van der Waals surface area contributed by atoms with Crippen LogP contribution in [-0.4, -0.2) is 48.1 Å². The molecule has 4 heteroatoms. The molecule has 3 rings (SSSR count). The van der Waals surface area contributed by atoms with E-state index in [9.17, 15) is 5.11 Å². The zero-order chi connectivity index (χ0) is 17.5. The Morgan fingerprint density at radius 1 is 1.25 bits per heavy atom. The molecule has 2 bridgehead atoms. The predicted octanol–water partition coefficient (Wildman–Crippen LogP) is 3.54. The van der Waals surface area contributed by atoms with Crippen LogP contribution in [0.15, 0.2) is 5.16 Å². The highest BCUT2D eigenvalue weighted by Gasteiger charge is 2.60. The van der Waals surface area contributed by atoms with Crippen molar-refractivity contribution >= 4 is 5.71 Å². The molecule has 138 valence electrons. The lowest BCUT2D eigenvalue weighted by atomic mass is 9.70. The van der Waals surface area contributed by atoms with Crippen LogP contribution < -0.4 is 0 Å². The highest BCUT2D eigenvalue weighted by Crippen LogP contribution is 2.63. The maximum Gasteiger partial charge on any atom is 0.144 e. The van der Waals surface area contributed by atoms with Crippen LogP contribution in [0.5, 0.6) is 0 Å². The van der Waals surface area contributed by atoms with Gasteiger partial charge in [0, 0.05) is 25.0 Å². The molecular weight excluding hydrogens is 300 g/mol. The van der Waals surface area contributed by atoms with Crippen molar-refractivity contribution in [1.82, 2.24) is 4.90 Å². The number of likely N-dealkylation sites (tertiary alicyclic amines) is 1. The Kier molecular flexibility index (Phi) is 5.00. The molecule has 3 fully saturated rings. The van der Waals surface area contributed by atoms with Gasteiger partial charge in [0.15, 0.2) is 0 Å². The zero-order valence-electron chi connectivity index (χ0n) is 16.2. The van der Waals surface area contributed by atoms with E-state index in [-0.39, 0.29) is 5.41 Å². The molecule has 2 aliphatic carbocycles. The van der Waals surface area contributed by atoms with E-state index in [0.29, 0.717) is 18.6 Å². The van der Waals surface area contributed by atoms with E-state index in [0.717, 1.165) is 37.3 Å². The van der Waals surface area contributed by atoms with Crippen LogP contribution in [0, 0.1) is 28.6 Å². The minimum atomic E-state index is -0.453. The molecular formula is C20H36N2O2. The van der Waals surface area contributed by atoms with Crippen LogP contribution in [0.2, 0.25) is 0 Å². The maximum atomic E-state index is 10.3. The molecule has 1 N–H and O–H groups in total. The van der Waals surface area contributed by atoms with Gasteiger partial charge in [-0.05, 0) is 48.9 Å². The first kappa shape index (κ1) is 18.2. The number of aliphatic hydroxyl groups is 1. The molecule has 0 spiro atoms. The van der Waals surface area contributed by atoms with Crippen LogP contribution in [0.1, 0.15) is 60.3 Å². The Morgan fingerprint density at radius 3 is 2.46 bits per heavy atom. The average molecular weight is 337 g/mol. The lowest BCUT2D eigenvalue weighted by Crippen LogP contribution is -2.43. The van der Waals surface area contributed by atoms with Gasteiger partial charge >= 0.3 is 0 Å². The number of aliphatic hydroxyl groups excluding tert-OH is 1. The summed E-state index contributed by atoms with van der Waals surface area (Å²) in [5, 5.41) is 14.8. The number of nitrogens with zero attached hydrogens (tertiary/aromatic N) is 2. The topological polar surface area (TPSA) is 45.1 Å². The largest absolute Gasteiger partial charge is 0.393 e. The third-order valence-corrected chi connectivity index (χ3v) is 7.37. The summed E-state index contributed by atoms with van der Waals surface area (Å²) in [6.45, 7) is 14.9. The first-order chi connectivity index (χ1) is 11.2. The van der Waals surface area contributed by atoms with Gasteiger partial charge in [0.2, 0.25) is 0 Å². The van der Waals surface area contributed by atoms with Crippen LogP contribution in [0.3, 0.4) is 0 Å². The molecule has 1 heterocycles. The normalized spacial score (nSPS) is 41.8. The summed E-state index contributed by atoms with van der Waals surface area (Å²) in [7, 11) is 0. The maximum absolute atomic E-state index is 10.3. The van der Waals surface area contributed by atoms with E-state index in [4.69, 9.17) is 4.84 Å². The minimum absolute atomic E-state index is 0.181. The van der Waals surface area contributed by atoms with Gasteiger partial charge in [0.1, 0.15) is 12.7 Å². The highest BCUT2D eigenvalue weighted by molar-refractivity contribution is 5.93. The molecule has 3 unspecified atom stereocenters. The fourth-order valence-corrected chi connectivity index (χ4v) is 5.56. The summed E-state index contributed by atoms with van der Waals surface area (Å²) in [6.07, 6.45) is 4.45. The van der Waals surface area contributed by atoms with Gasteiger partial charge < -0.3 is 14.8 Å². The van der Waals surface area contributed by atoms with E-state index in [2.05, 4.69) is 44.7 Å². The van der Waals surface area contributed by atoms with E-state index in [1.54, 1.807) is 0 Å². The molecule has 0 amide bonds. The highest BCUT2D eigenvalue weighted by atomic mass is 16.6. The third kappa shape index (κ3) is 3.24. The Bertz CT molecular complexity index is 480. The molecule has 3 aliphatic rings. The predicted molar refractivity (Wildman–Crippen MR) is 98.0 cm³/mol. The lowest BCUT2D eigenvalue weighted by molar-refractivity contribution is 0.00538. The first-order valence-electron chi connectivity index (χ1n) is 9.82. The lowest BCUT2D eigenvalue weighted by Gasteiger charge is -2.36. The number of piperidine rings is 1. The molecule has 2 saturated carbocycles. The average Bonchev–Trinajstić information content (AvgIpc) is 2.79. The second kappa shape index (κ2) is 6.60. The summed E-state index contributed by atoms with van der Waals surface area (Å²) in [6, 6.07) is 0. The third-order valence-electron chi connectivity index (χ3n) is 7.37.